The van der Waals surface area contributed by atoms with Gasteiger partial charge in [0.25, 0.3) is 0 Å². The number of para-hydroxylation sites is 1. The van der Waals surface area contributed by atoms with Crippen LogP contribution < -0.4 is 4.90 Å². The van der Waals surface area contributed by atoms with E-state index in [1.54, 1.807) is 0 Å². The maximum Gasteiger partial charge on any atom is 0.338 e. The zero-order valence-electron chi connectivity index (χ0n) is 23.9. The van der Waals surface area contributed by atoms with Crippen LogP contribution >= 0.6 is 15.9 Å². The first-order chi connectivity index (χ1) is 21.4. The zero-order valence-corrected chi connectivity index (χ0v) is 26.3. The molecule has 3 aromatic rings. The highest BCUT2D eigenvalue weighted by Gasteiger charge is 2.37. The molecule has 240 valence electrons. The van der Waals surface area contributed by atoms with Gasteiger partial charge in [0.05, 0.1) is 41.0 Å². The molecule has 0 spiro atoms. The molecule has 1 atom stereocenters. The molecule has 14 heteroatoms. The standard InChI is InChI=1S/C31H30BrF3N2O7S/c32-17-22-10-9-21(16-26(22)34)30(40)44-13-4-3-5-24-19-36(12-14-45(24,42)43)31(41)37(28-7-2-1-6-25(28)33)18-23-11-8-20(29(38)39)15-27(23)35/h1-2,6-11,15-16,24H,3-5,12-14,17-19H2,(H,38,39). The van der Waals surface area contributed by atoms with Gasteiger partial charge in [0.1, 0.15) is 17.5 Å². The van der Waals surface area contributed by atoms with Crippen molar-refractivity contribution in [2.75, 3.05) is 30.3 Å². The molecule has 1 aliphatic heterocycles. The van der Waals surface area contributed by atoms with Crippen LogP contribution in [0.25, 0.3) is 0 Å². The molecule has 2 amide bonds. The number of hydrogen-bond acceptors (Lipinski definition) is 6. The first-order valence-corrected chi connectivity index (χ1v) is 16.8. The summed E-state index contributed by atoms with van der Waals surface area (Å²) in [5.74, 6) is -4.58. The number of benzene rings is 3. The van der Waals surface area contributed by atoms with Crippen molar-refractivity contribution in [2.24, 2.45) is 0 Å². The first kappa shape index (κ1) is 34.0. The number of carboxylic acid groups (broad SMARTS) is 1. The van der Waals surface area contributed by atoms with E-state index in [1.807, 2.05) is 0 Å². The van der Waals surface area contributed by atoms with Gasteiger partial charge in [-0.25, -0.2) is 36.0 Å². The minimum atomic E-state index is -3.58. The third kappa shape index (κ3) is 8.42. The number of aromatic carboxylic acids is 1. The Morgan fingerprint density at radius 1 is 0.933 bits per heavy atom. The highest BCUT2D eigenvalue weighted by molar-refractivity contribution is 9.08. The summed E-state index contributed by atoms with van der Waals surface area (Å²) in [6.07, 6.45) is 0.818. The second kappa shape index (κ2) is 14.9. The maximum absolute atomic E-state index is 14.9. The molecule has 1 saturated heterocycles. The molecule has 3 aromatic carbocycles. The second-order valence-corrected chi connectivity index (χ2v) is 13.4. The van der Waals surface area contributed by atoms with Gasteiger partial charge in [-0.05, 0) is 61.2 Å². The lowest BCUT2D eigenvalue weighted by Gasteiger charge is -2.36. The fraction of sp³-hybridized carbons (Fsp3) is 0.323. The van der Waals surface area contributed by atoms with Gasteiger partial charge >= 0.3 is 18.0 Å². The molecule has 0 saturated carbocycles. The number of urea groups is 1. The Hall–Kier alpha value is -3.91. The third-order valence-corrected chi connectivity index (χ3v) is 10.2. The minimum Gasteiger partial charge on any atom is -0.478 e. The number of hydrogen-bond donors (Lipinski definition) is 1. The van der Waals surface area contributed by atoms with Crippen molar-refractivity contribution >= 4 is 49.4 Å². The number of anilines is 1. The van der Waals surface area contributed by atoms with Crippen molar-refractivity contribution in [1.82, 2.24) is 4.90 Å². The van der Waals surface area contributed by atoms with E-state index in [-0.39, 0.29) is 54.2 Å². The van der Waals surface area contributed by atoms with Gasteiger partial charge in [0, 0.05) is 24.0 Å². The molecule has 9 nitrogen and oxygen atoms in total. The zero-order chi connectivity index (χ0) is 32.7. The number of carboxylic acids is 1. The predicted octanol–water partition coefficient (Wildman–Crippen LogP) is 5.95. The number of amides is 2. The number of unbranched alkanes of at least 4 members (excludes halogenated alkanes) is 1. The van der Waals surface area contributed by atoms with Crippen molar-refractivity contribution in [1.29, 1.82) is 0 Å². The number of esters is 1. The smallest absolute Gasteiger partial charge is 0.338 e. The van der Waals surface area contributed by atoms with Gasteiger partial charge < -0.3 is 14.7 Å². The Morgan fingerprint density at radius 2 is 1.60 bits per heavy atom. The van der Waals surface area contributed by atoms with Crippen molar-refractivity contribution in [2.45, 2.75) is 36.4 Å². The van der Waals surface area contributed by atoms with E-state index in [0.717, 1.165) is 23.1 Å². The lowest BCUT2D eigenvalue weighted by molar-refractivity contribution is 0.0496. The Kier molecular flexibility index (Phi) is 11.3. The van der Waals surface area contributed by atoms with Crippen LogP contribution in [0.4, 0.5) is 23.7 Å². The number of carbonyl (C=O) groups is 3. The topological polar surface area (TPSA) is 121 Å². The second-order valence-electron chi connectivity index (χ2n) is 10.4. The summed E-state index contributed by atoms with van der Waals surface area (Å²) in [6, 6.07) is 11.8. The number of carbonyl (C=O) groups excluding carboxylic acids is 2. The SMILES string of the molecule is O=C(O)c1ccc(CN(C(=O)N2CCS(=O)(=O)C(CCCCOC(=O)c3ccc(CBr)c(F)c3)C2)c2ccccc2F)c(F)c1. The van der Waals surface area contributed by atoms with E-state index < -0.39 is 57.1 Å². The van der Waals surface area contributed by atoms with Gasteiger partial charge in [-0.1, -0.05) is 40.2 Å². The third-order valence-electron chi connectivity index (χ3n) is 7.44. The fourth-order valence-corrected chi connectivity index (χ4v) is 7.08. The summed E-state index contributed by atoms with van der Waals surface area (Å²) in [7, 11) is -3.58. The monoisotopic (exact) mass is 710 g/mol. The molecule has 1 N–H and O–H groups in total. The molecular formula is C31H30BrF3N2O7S. The number of sulfone groups is 1. The molecule has 1 fully saturated rings. The number of rotatable bonds is 11. The van der Waals surface area contributed by atoms with E-state index in [2.05, 4.69) is 15.9 Å². The first-order valence-electron chi connectivity index (χ1n) is 14.0. The molecule has 1 aliphatic rings. The fourth-order valence-electron chi connectivity index (χ4n) is 4.88. The van der Waals surface area contributed by atoms with E-state index in [9.17, 15) is 36.0 Å². The van der Waals surface area contributed by atoms with Gasteiger partial charge in [0.15, 0.2) is 9.84 Å². The van der Waals surface area contributed by atoms with Crippen molar-refractivity contribution in [3.8, 4) is 0 Å². The van der Waals surface area contributed by atoms with E-state index in [0.29, 0.717) is 23.7 Å². The van der Waals surface area contributed by atoms with Gasteiger partial charge in [-0.15, -0.1) is 0 Å². The van der Waals surface area contributed by atoms with Crippen LogP contribution in [0.1, 0.15) is 51.1 Å². The number of nitrogens with zero attached hydrogens (tertiary/aromatic N) is 2. The summed E-state index contributed by atoms with van der Waals surface area (Å²) in [6.45, 7) is -0.812. The number of ether oxygens (including phenoxy) is 1. The molecule has 0 radical (unpaired) electrons. The average Bonchev–Trinajstić information content (AvgIpc) is 3.00. The van der Waals surface area contributed by atoms with Crippen molar-refractivity contribution < 1.29 is 45.8 Å². The largest absolute Gasteiger partial charge is 0.478 e. The molecule has 45 heavy (non-hydrogen) atoms. The number of alkyl halides is 1. The molecule has 0 aromatic heterocycles. The highest BCUT2D eigenvalue weighted by Crippen LogP contribution is 2.27. The summed E-state index contributed by atoms with van der Waals surface area (Å²) in [5, 5.41) is 8.49. The Balaban J connectivity index is 1.41. The Labute approximate surface area is 266 Å². The summed E-state index contributed by atoms with van der Waals surface area (Å²) < 4.78 is 74.6. The molecule has 4 rings (SSSR count). The van der Waals surface area contributed by atoms with Crippen LogP contribution in [0.2, 0.25) is 0 Å². The lowest BCUT2D eigenvalue weighted by Crippen LogP contribution is -2.53. The minimum absolute atomic E-state index is 0.0244. The maximum atomic E-state index is 14.9. The van der Waals surface area contributed by atoms with Gasteiger partial charge in [0.2, 0.25) is 0 Å². The highest BCUT2D eigenvalue weighted by atomic mass is 79.9. The van der Waals surface area contributed by atoms with Crippen LogP contribution in [0.3, 0.4) is 0 Å². The van der Waals surface area contributed by atoms with Crippen LogP contribution in [-0.4, -0.2) is 67.1 Å². The normalized spacial score (nSPS) is 15.8. The van der Waals surface area contributed by atoms with Crippen molar-refractivity contribution in [3.63, 3.8) is 0 Å². The van der Waals surface area contributed by atoms with Gasteiger partial charge in [-0.3, -0.25) is 4.90 Å². The molecule has 1 heterocycles. The Bertz CT molecular complexity index is 1690. The van der Waals surface area contributed by atoms with E-state index in [1.165, 1.54) is 47.4 Å². The average molecular weight is 712 g/mol. The summed E-state index contributed by atoms with van der Waals surface area (Å²) in [5.41, 5.74) is -0.0618. The summed E-state index contributed by atoms with van der Waals surface area (Å²) >= 11 is 3.16. The van der Waals surface area contributed by atoms with Crippen LogP contribution in [0, 0.1) is 17.5 Å². The van der Waals surface area contributed by atoms with Gasteiger partial charge in [-0.2, -0.15) is 0 Å². The van der Waals surface area contributed by atoms with E-state index >= 15 is 0 Å². The molecule has 1 unspecified atom stereocenters. The van der Waals surface area contributed by atoms with Crippen molar-refractivity contribution in [3.05, 3.63) is 100 Å². The molecule has 0 aliphatic carbocycles. The van der Waals surface area contributed by atoms with Crippen LogP contribution in [-0.2, 0) is 26.4 Å². The number of halogens is 4. The van der Waals surface area contributed by atoms with Crippen LogP contribution in [0.15, 0.2) is 60.7 Å². The predicted molar refractivity (Wildman–Crippen MR) is 164 cm³/mol. The van der Waals surface area contributed by atoms with Crippen LogP contribution in [0.5, 0.6) is 0 Å². The summed E-state index contributed by atoms with van der Waals surface area (Å²) in [4.78, 5) is 39.5. The molecular weight excluding hydrogens is 681 g/mol. The quantitative estimate of drug-likeness (QED) is 0.148. The van der Waals surface area contributed by atoms with E-state index in [4.69, 9.17) is 9.84 Å². The molecule has 0 bridgehead atoms. The Morgan fingerprint density at radius 3 is 2.27 bits per heavy atom. The lowest BCUT2D eigenvalue weighted by atomic mass is 10.1.